The van der Waals surface area contributed by atoms with Crippen molar-refractivity contribution in [3.05, 3.63) is 54.0 Å². The molecule has 5 heterocycles. The molecule has 0 saturated carbocycles. The topological polar surface area (TPSA) is 94.5 Å². The maximum absolute atomic E-state index is 10.9. The number of aldehydes is 1. The summed E-state index contributed by atoms with van der Waals surface area (Å²) in [6, 6.07) is 1.78. The van der Waals surface area contributed by atoms with Crippen LogP contribution in [0.2, 0.25) is 5.15 Å². The molecule has 0 spiro atoms. The van der Waals surface area contributed by atoms with Gasteiger partial charge in [-0.25, -0.2) is 9.97 Å². The van der Waals surface area contributed by atoms with E-state index in [1.807, 2.05) is 0 Å². The van der Waals surface area contributed by atoms with E-state index in [1.54, 1.807) is 43.2 Å². The molecule has 0 bridgehead atoms. The van der Waals surface area contributed by atoms with Gasteiger partial charge in [0.2, 0.25) is 0 Å². The molecular weight excluding hydrogens is 490 g/mol. The predicted molar refractivity (Wildman–Crippen MR) is 146 cm³/mol. The Kier molecular flexibility index (Phi) is 9.70. The fourth-order valence-corrected chi connectivity index (χ4v) is 4.49. The lowest BCUT2D eigenvalue weighted by atomic mass is 10.2. The number of rotatable bonds is 4. The quantitative estimate of drug-likeness (QED) is 0.475. The zero-order chi connectivity index (χ0) is 26.0. The van der Waals surface area contributed by atoms with Crippen LogP contribution < -0.4 is 9.80 Å². The number of pyridine rings is 1. The van der Waals surface area contributed by atoms with Gasteiger partial charge in [-0.3, -0.25) is 19.7 Å². The van der Waals surface area contributed by atoms with Crippen molar-refractivity contribution in [3.8, 4) is 11.3 Å². The van der Waals surface area contributed by atoms with Crippen molar-refractivity contribution in [2.24, 2.45) is 0 Å². The number of halogens is 1. The Labute approximate surface area is 223 Å². The van der Waals surface area contributed by atoms with Crippen LogP contribution >= 0.6 is 11.6 Å². The standard InChI is InChI=1S/C16H19N5O.C10H15ClN4/c1-20-3-2-4-21(6-5-20)16-11-18-10-15(19-16)14-7-13(12-22)8-17-9-14;1-14-3-2-4-15(6-5-14)10-8-12-7-9(11)13-10/h7-12H,2-6H2,1H3;7-8H,2-6H2,1H3. The lowest BCUT2D eigenvalue weighted by molar-refractivity contribution is 0.112. The molecule has 0 radical (unpaired) electrons. The van der Waals surface area contributed by atoms with Crippen molar-refractivity contribution in [2.45, 2.75) is 12.8 Å². The van der Waals surface area contributed by atoms with Gasteiger partial charge in [0.15, 0.2) is 6.29 Å². The second-order valence-corrected chi connectivity index (χ2v) is 9.76. The fourth-order valence-electron chi connectivity index (χ4n) is 4.35. The second-order valence-electron chi connectivity index (χ2n) is 9.38. The van der Waals surface area contributed by atoms with Gasteiger partial charge in [-0.2, -0.15) is 0 Å². The third-order valence-electron chi connectivity index (χ3n) is 6.49. The minimum Gasteiger partial charge on any atom is -0.354 e. The van der Waals surface area contributed by atoms with Gasteiger partial charge >= 0.3 is 0 Å². The van der Waals surface area contributed by atoms with Gasteiger partial charge in [-0.15, -0.1) is 0 Å². The Balaban J connectivity index is 0.000000186. The smallest absolute Gasteiger partial charge is 0.151 e. The van der Waals surface area contributed by atoms with Gasteiger partial charge in [0.1, 0.15) is 16.8 Å². The summed E-state index contributed by atoms with van der Waals surface area (Å²) in [6.07, 6.45) is 13.2. The number of nitrogens with zero attached hydrogens (tertiary/aromatic N) is 9. The van der Waals surface area contributed by atoms with E-state index >= 15 is 0 Å². The molecule has 2 aliphatic heterocycles. The lowest BCUT2D eigenvalue weighted by Crippen LogP contribution is -2.29. The van der Waals surface area contributed by atoms with Crippen molar-refractivity contribution in [1.29, 1.82) is 0 Å². The zero-order valence-electron chi connectivity index (χ0n) is 21.5. The highest BCUT2D eigenvalue weighted by molar-refractivity contribution is 6.29. The summed E-state index contributed by atoms with van der Waals surface area (Å²) in [5.74, 6) is 1.77. The maximum Gasteiger partial charge on any atom is 0.151 e. The van der Waals surface area contributed by atoms with Crippen LogP contribution in [0.3, 0.4) is 0 Å². The van der Waals surface area contributed by atoms with Crippen LogP contribution in [0.5, 0.6) is 0 Å². The molecule has 5 rings (SSSR count). The van der Waals surface area contributed by atoms with Gasteiger partial charge in [0.25, 0.3) is 0 Å². The maximum atomic E-state index is 10.9. The molecule has 0 unspecified atom stereocenters. The molecule has 3 aromatic heterocycles. The molecule has 196 valence electrons. The summed E-state index contributed by atoms with van der Waals surface area (Å²) in [5.41, 5.74) is 2.10. The Morgan fingerprint density at radius 2 is 1.30 bits per heavy atom. The molecule has 2 saturated heterocycles. The molecule has 2 aliphatic rings. The van der Waals surface area contributed by atoms with E-state index in [0.717, 1.165) is 94.4 Å². The molecule has 0 amide bonds. The molecule has 11 heteroatoms. The number of hydrogen-bond acceptors (Lipinski definition) is 10. The first-order chi connectivity index (χ1) is 18.0. The van der Waals surface area contributed by atoms with Crippen LogP contribution in [0, 0.1) is 0 Å². The average molecular weight is 524 g/mol. The van der Waals surface area contributed by atoms with E-state index in [0.29, 0.717) is 10.7 Å². The minimum absolute atomic E-state index is 0.463. The summed E-state index contributed by atoms with van der Waals surface area (Å²) in [4.78, 5) is 41.5. The Morgan fingerprint density at radius 3 is 1.92 bits per heavy atom. The number of anilines is 2. The largest absolute Gasteiger partial charge is 0.354 e. The molecule has 37 heavy (non-hydrogen) atoms. The molecule has 0 atom stereocenters. The highest BCUT2D eigenvalue weighted by atomic mass is 35.5. The summed E-state index contributed by atoms with van der Waals surface area (Å²) in [6.45, 7) is 8.28. The van der Waals surface area contributed by atoms with Crippen LogP contribution in [-0.4, -0.2) is 107 Å². The normalized spacial score (nSPS) is 17.4. The Morgan fingerprint density at radius 1 is 0.703 bits per heavy atom. The van der Waals surface area contributed by atoms with Gasteiger partial charge in [-0.05, 0) is 46.1 Å². The van der Waals surface area contributed by atoms with Gasteiger partial charge in [-0.1, -0.05) is 11.6 Å². The second kappa shape index (κ2) is 13.4. The van der Waals surface area contributed by atoms with E-state index < -0.39 is 0 Å². The number of hydrogen-bond donors (Lipinski definition) is 0. The molecule has 10 nitrogen and oxygen atoms in total. The summed E-state index contributed by atoms with van der Waals surface area (Å²) >= 11 is 5.82. The summed E-state index contributed by atoms with van der Waals surface area (Å²) in [5, 5.41) is 0.463. The first-order valence-corrected chi connectivity index (χ1v) is 13.0. The van der Waals surface area contributed by atoms with Gasteiger partial charge < -0.3 is 19.6 Å². The van der Waals surface area contributed by atoms with Crippen molar-refractivity contribution < 1.29 is 4.79 Å². The Bertz CT molecular complexity index is 1160. The Hall–Kier alpha value is -3.21. The van der Waals surface area contributed by atoms with Crippen LogP contribution in [0.15, 0.2) is 43.2 Å². The summed E-state index contributed by atoms with van der Waals surface area (Å²) in [7, 11) is 4.29. The zero-order valence-corrected chi connectivity index (χ0v) is 22.3. The lowest BCUT2D eigenvalue weighted by Gasteiger charge is -2.21. The van der Waals surface area contributed by atoms with E-state index in [4.69, 9.17) is 16.6 Å². The van der Waals surface area contributed by atoms with Crippen LogP contribution in [-0.2, 0) is 0 Å². The molecular formula is C26H34ClN9O. The first-order valence-electron chi connectivity index (χ1n) is 12.6. The first kappa shape index (κ1) is 26.8. The number of aromatic nitrogens is 5. The number of carbonyl (C=O) groups is 1. The molecule has 2 fully saturated rings. The van der Waals surface area contributed by atoms with E-state index in [2.05, 4.69) is 53.6 Å². The highest BCUT2D eigenvalue weighted by Crippen LogP contribution is 2.20. The SMILES string of the molecule is CN1CCCN(c2cncc(-c3cncc(C=O)c3)n2)CC1.CN1CCCN(c2cncc(Cl)n2)CC1. The van der Waals surface area contributed by atoms with Gasteiger partial charge in [0, 0.05) is 62.8 Å². The van der Waals surface area contributed by atoms with E-state index in [-0.39, 0.29) is 0 Å². The fraction of sp³-hybridized carbons (Fsp3) is 0.462. The average Bonchev–Trinajstić information content (AvgIpc) is 3.29. The predicted octanol–water partition coefficient (Wildman–Crippen LogP) is 2.76. The van der Waals surface area contributed by atoms with Crippen molar-refractivity contribution >= 4 is 29.5 Å². The number of likely N-dealkylation sites (N-methyl/N-ethyl adjacent to an activating group) is 2. The van der Waals surface area contributed by atoms with Crippen molar-refractivity contribution in [3.63, 3.8) is 0 Å². The van der Waals surface area contributed by atoms with Crippen LogP contribution in [0.1, 0.15) is 23.2 Å². The monoisotopic (exact) mass is 523 g/mol. The van der Waals surface area contributed by atoms with Crippen LogP contribution in [0.25, 0.3) is 11.3 Å². The van der Waals surface area contributed by atoms with Crippen molar-refractivity contribution in [2.75, 3.05) is 76.3 Å². The molecule has 0 N–H and O–H groups in total. The third kappa shape index (κ3) is 7.88. The molecule has 0 aliphatic carbocycles. The number of carbonyl (C=O) groups excluding carboxylic acids is 1. The molecule has 3 aromatic rings. The van der Waals surface area contributed by atoms with E-state index in [9.17, 15) is 4.79 Å². The third-order valence-corrected chi connectivity index (χ3v) is 6.67. The summed E-state index contributed by atoms with van der Waals surface area (Å²) < 4.78 is 0. The highest BCUT2D eigenvalue weighted by Gasteiger charge is 2.15. The van der Waals surface area contributed by atoms with Crippen LogP contribution in [0.4, 0.5) is 11.6 Å². The van der Waals surface area contributed by atoms with Crippen molar-refractivity contribution in [1.82, 2.24) is 34.7 Å². The van der Waals surface area contributed by atoms with Gasteiger partial charge in [0.05, 0.1) is 30.5 Å². The van der Waals surface area contributed by atoms with E-state index in [1.165, 1.54) is 0 Å². The minimum atomic E-state index is 0.463. The molecule has 0 aromatic carbocycles.